The lowest BCUT2D eigenvalue weighted by molar-refractivity contribution is -0.161. The van der Waals surface area contributed by atoms with Gasteiger partial charge < -0.3 is 45.1 Å². The van der Waals surface area contributed by atoms with Crippen molar-refractivity contribution in [3.63, 3.8) is 0 Å². The van der Waals surface area contributed by atoms with Crippen LogP contribution in [0.1, 0.15) is 155 Å². The molecule has 66 heavy (non-hydrogen) atoms. The molecule has 1 aliphatic heterocycles. The zero-order valence-corrected chi connectivity index (χ0v) is 40.8. The molecule has 9 atom stereocenters. The highest BCUT2D eigenvalue weighted by molar-refractivity contribution is 7.61. The van der Waals surface area contributed by atoms with Gasteiger partial charge >= 0.3 is 33.3 Å². The molecule has 7 N–H and O–H groups in total. The average Bonchev–Trinajstić information content (AvgIpc) is 3.54. The number of nitrogens with two attached hydrogens (primary N) is 1. The van der Waals surface area contributed by atoms with Crippen LogP contribution in [0.25, 0.3) is 0 Å². The number of hydrogen-bond donors (Lipinski definition) is 6. The van der Waals surface area contributed by atoms with Crippen LogP contribution < -0.4 is 11.4 Å². The molecule has 1 fully saturated rings. The van der Waals surface area contributed by atoms with E-state index in [-0.39, 0.29) is 31.5 Å². The molecule has 1 aromatic heterocycles. The zero-order chi connectivity index (χ0) is 48.8. The predicted octanol–water partition coefficient (Wildman–Crippen LogP) is 7.66. The number of carbonyl (C=O) groups excluding carboxylic acids is 2. The van der Waals surface area contributed by atoms with Gasteiger partial charge in [0.1, 0.15) is 30.7 Å². The topological polar surface area (TPSA) is 286 Å². The molecule has 0 amide bonds. The maximum absolute atomic E-state index is 12.8. The summed E-state index contributed by atoms with van der Waals surface area (Å²) in [6.07, 6.45) is 21.6. The highest BCUT2D eigenvalue weighted by atomic mass is 31.3. The Bertz CT molecular complexity index is 1780. The second kappa shape index (κ2) is 33.4. The van der Waals surface area contributed by atoms with Crippen molar-refractivity contribution in [2.75, 3.05) is 25.6 Å². The van der Waals surface area contributed by atoms with Gasteiger partial charge in [0, 0.05) is 19.0 Å². The number of phosphoric acid groups is 2. The number of anilines is 1. The molecule has 2 heterocycles. The monoisotopic (exact) mass is 977 g/mol. The van der Waals surface area contributed by atoms with Gasteiger partial charge in [0.2, 0.25) is 0 Å². The molecule has 2 rings (SSSR count). The van der Waals surface area contributed by atoms with E-state index in [0.717, 1.165) is 55.7 Å². The molecule has 0 bridgehead atoms. The number of hydrogen-bond acceptors (Lipinski definition) is 16. The summed E-state index contributed by atoms with van der Waals surface area (Å²) in [5.41, 5.74) is 4.56. The smallest absolute Gasteiger partial charge is 0.462 e. The minimum Gasteiger partial charge on any atom is -0.462 e. The van der Waals surface area contributed by atoms with Crippen LogP contribution in [0.15, 0.2) is 53.5 Å². The summed E-state index contributed by atoms with van der Waals surface area (Å²) in [6.45, 7) is 4.17. The van der Waals surface area contributed by atoms with Crippen LogP contribution in [-0.4, -0.2) is 96.9 Å². The van der Waals surface area contributed by atoms with E-state index in [1.54, 1.807) is 12.2 Å². The van der Waals surface area contributed by atoms with Gasteiger partial charge in [-0.05, 0) is 50.5 Å². The fourth-order valence-corrected chi connectivity index (χ4v) is 8.88. The van der Waals surface area contributed by atoms with Crippen LogP contribution in [0.4, 0.5) is 5.82 Å². The number of nitrogens with zero attached hydrogens (tertiary/aromatic N) is 2. The van der Waals surface area contributed by atoms with Gasteiger partial charge in [-0.3, -0.25) is 23.2 Å². The highest BCUT2D eigenvalue weighted by Crippen LogP contribution is 2.60. The molecule has 21 heteroatoms. The Morgan fingerprint density at radius 1 is 0.848 bits per heavy atom. The van der Waals surface area contributed by atoms with Gasteiger partial charge in [-0.2, -0.15) is 9.29 Å². The van der Waals surface area contributed by atoms with E-state index in [9.17, 15) is 48.6 Å². The number of nitrogen functional groups attached to an aromatic ring is 1. The summed E-state index contributed by atoms with van der Waals surface area (Å²) in [6, 6.07) is 1.24. The Morgan fingerprint density at radius 3 is 2.23 bits per heavy atom. The molecule has 0 aliphatic carbocycles. The Labute approximate surface area is 390 Å². The third-order valence-electron chi connectivity index (χ3n) is 10.9. The first kappa shape index (κ1) is 59.1. The number of allylic oxidation sites excluding steroid dienone is 5. The number of aliphatic hydroxyl groups excluding tert-OH is 3. The van der Waals surface area contributed by atoms with Crippen molar-refractivity contribution in [1.82, 2.24) is 9.55 Å². The standard InChI is InChI=1S/C45H77N3O16P2/c1-4-6-7-8-9-10-11-12-13-14-15-19-22-26-36(49)27-24-29-41(51)62-37(32-59-40(50)28-23-20-17-16-18-21-25-35(3)5-2)33-60-65(55,56)64-66(57,58)61-34-38-42(52)43(53)44(63-38)48-31-30-39(46)47-45(48)54/h12-13,15,19,22,26,30-31,35-38,42-44,49,52-53H,4-11,14,16-18,20-21,23-25,27-29,32-34H2,1-3H3,(H,55,56)(H,57,58)(H2,46,47,54)/b13-12+,19-15+,26-22+/t35?,36?,37-,38-,42-,43-,44-/m1/s1. The minimum absolute atomic E-state index is 0.0857. The Kier molecular flexibility index (Phi) is 29.9. The Morgan fingerprint density at radius 2 is 1.52 bits per heavy atom. The third-order valence-corrected chi connectivity index (χ3v) is 13.5. The maximum Gasteiger partial charge on any atom is 0.481 e. The molecule has 378 valence electrons. The van der Waals surface area contributed by atoms with Crippen LogP contribution >= 0.6 is 15.6 Å². The second-order valence-corrected chi connectivity index (χ2v) is 19.7. The first-order valence-electron chi connectivity index (χ1n) is 23.5. The van der Waals surface area contributed by atoms with E-state index < -0.39 is 89.8 Å². The Hall–Kier alpha value is -3.06. The molecular weight excluding hydrogens is 900 g/mol. The van der Waals surface area contributed by atoms with E-state index in [1.807, 2.05) is 12.2 Å². The highest BCUT2D eigenvalue weighted by Gasteiger charge is 2.46. The molecule has 1 aliphatic rings. The molecule has 4 unspecified atom stereocenters. The Balaban J connectivity index is 1.88. The SMILES string of the molecule is CCCCCCCC/C=C/C/C=C/C=C/C(O)CCCC(=O)O[C@H](COC(=O)CCCCCCCCC(C)CC)COP(=O)(O)OP(=O)(O)OC[C@H]1O[C@@H](n2ccc(N)nc2=O)[C@H](O)[C@@H]1O. The lowest BCUT2D eigenvalue weighted by atomic mass is 10.00. The number of carbonyl (C=O) groups is 2. The van der Waals surface area contributed by atoms with Crippen LogP contribution in [0, 0.1) is 5.92 Å². The summed E-state index contributed by atoms with van der Waals surface area (Å²) in [7, 11) is -10.9. The van der Waals surface area contributed by atoms with E-state index in [0.29, 0.717) is 12.3 Å². The van der Waals surface area contributed by atoms with Crippen molar-refractivity contribution < 1.29 is 71.4 Å². The van der Waals surface area contributed by atoms with Crippen molar-refractivity contribution in [3.05, 3.63) is 59.2 Å². The molecular formula is C45H77N3O16P2. The fraction of sp³-hybridized carbons (Fsp3) is 0.733. The van der Waals surface area contributed by atoms with Crippen molar-refractivity contribution in [2.45, 2.75) is 186 Å². The fourth-order valence-electron chi connectivity index (χ4n) is 6.77. The average molecular weight is 978 g/mol. The van der Waals surface area contributed by atoms with Gasteiger partial charge in [-0.25, -0.2) is 13.9 Å². The molecule has 0 radical (unpaired) electrons. The van der Waals surface area contributed by atoms with Crippen LogP contribution in [0.3, 0.4) is 0 Å². The number of aliphatic hydroxyl groups is 3. The number of aromatic nitrogens is 2. The molecule has 0 spiro atoms. The number of ether oxygens (including phenoxy) is 3. The third kappa shape index (κ3) is 26.5. The molecule has 1 saturated heterocycles. The van der Waals surface area contributed by atoms with E-state index in [4.69, 9.17) is 29.0 Å². The van der Waals surface area contributed by atoms with Gasteiger partial charge in [0.05, 0.1) is 19.3 Å². The number of unbranched alkanes of at least 4 members (excludes halogenated alkanes) is 11. The summed E-state index contributed by atoms with van der Waals surface area (Å²) in [5, 5.41) is 31.2. The maximum atomic E-state index is 12.8. The summed E-state index contributed by atoms with van der Waals surface area (Å²) < 4.78 is 56.4. The van der Waals surface area contributed by atoms with Crippen molar-refractivity contribution >= 4 is 33.4 Å². The molecule has 0 saturated carbocycles. The van der Waals surface area contributed by atoms with Gasteiger partial charge in [0.25, 0.3) is 0 Å². The number of phosphoric ester groups is 2. The number of esters is 2. The largest absolute Gasteiger partial charge is 0.481 e. The number of rotatable bonds is 37. The summed E-state index contributed by atoms with van der Waals surface area (Å²) in [5.74, 6) is -0.799. The first-order chi connectivity index (χ1) is 31.5. The van der Waals surface area contributed by atoms with Crippen molar-refractivity contribution in [3.8, 4) is 0 Å². The van der Waals surface area contributed by atoms with Gasteiger partial charge in [-0.1, -0.05) is 134 Å². The van der Waals surface area contributed by atoms with Crippen molar-refractivity contribution in [2.24, 2.45) is 5.92 Å². The van der Waals surface area contributed by atoms with E-state index in [2.05, 4.69) is 42.2 Å². The zero-order valence-electron chi connectivity index (χ0n) is 39.0. The van der Waals surface area contributed by atoms with Crippen LogP contribution in [-0.2, 0) is 46.3 Å². The molecule has 19 nitrogen and oxygen atoms in total. The van der Waals surface area contributed by atoms with Gasteiger partial charge in [-0.15, -0.1) is 0 Å². The van der Waals surface area contributed by atoms with Crippen LogP contribution in [0.5, 0.6) is 0 Å². The predicted molar refractivity (Wildman–Crippen MR) is 249 cm³/mol. The van der Waals surface area contributed by atoms with E-state index in [1.165, 1.54) is 57.4 Å². The lowest BCUT2D eigenvalue weighted by Crippen LogP contribution is -2.36. The summed E-state index contributed by atoms with van der Waals surface area (Å²) in [4.78, 5) is 61.7. The quantitative estimate of drug-likeness (QED) is 0.0123. The second-order valence-electron chi connectivity index (χ2n) is 16.7. The first-order valence-corrected chi connectivity index (χ1v) is 26.5. The lowest BCUT2D eigenvalue weighted by Gasteiger charge is -2.21. The molecule has 0 aromatic carbocycles. The van der Waals surface area contributed by atoms with Crippen LogP contribution in [0.2, 0.25) is 0 Å². The minimum atomic E-state index is -5.46. The van der Waals surface area contributed by atoms with Crippen molar-refractivity contribution in [1.29, 1.82) is 0 Å². The van der Waals surface area contributed by atoms with E-state index >= 15 is 0 Å². The van der Waals surface area contributed by atoms with Gasteiger partial charge in [0.15, 0.2) is 12.3 Å². The normalized spacial score (nSPS) is 21.0. The summed E-state index contributed by atoms with van der Waals surface area (Å²) >= 11 is 0. The molecule has 1 aromatic rings.